The zero-order valence-electron chi connectivity index (χ0n) is 13.9. The molecule has 1 amide bonds. The minimum absolute atomic E-state index is 0.0353. The Morgan fingerprint density at radius 1 is 1.29 bits per heavy atom. The molecule has 0 radical (unpaired) electrons. The molecule has 2 heterocycles. The molecule has 1 atom stereocenters. The van der Waals surface area contributed by atoms with E-state index in [9.17, 15) is 9.90 Å². The first kappa shape index (κ1) is 17.0. The Morgan fingerprint density at radius 2 is 2.08 bits per heavy atom. The van der Waals surface area contributed by atoms with E-state index in [0.717, 1.165) is 13.1 Å². The number of ether oxygens (including phenoxy) is 3. The lowest BCUT2D eigenvalue weighted by molar-refractivity contribution is 0.0111. The molecular formula is C17H24N2O5. The minimum atomic E-state index is -0.491. The van der Waals surface area contributed by atoms with Gasteiger partial charge in [-0.3, -0.25) is 9.69 Å². The number of β-amino-alcohol motifs (C(OH)–C–C–N with tert-alkyl or cyclic N) is 1. The van der Waals surface area contributed by atoms with Crippen molar-refractivity contribution in [2.45, 2.75) is 13.0 Å². The number of hydrogen-bond acceptors (Lipinski definition) is 6. The Bertz CT molecular complexity index is 572. The predicted octanol–water partition coefficient (Wildman–Crippen LogP) is 0.571. The SMILES string of the molecule is CCOC[C@H](O)CN1CCN(C(=O)c2cccc3c2OCO3)CC1. The van der Waals surface area contributed by atoms with Gasteiger partial charge in [0.2, 0.25) is 6.79 Å². The van der Waals surface area contributed by atoms with E-state index in [2.05, 4.69) is 4.90 Å². The van der Waals surface area contributed by atoms with E-state index in [-0.39, 0.29) is 12.7 Å². The largest absolute Gasteiger partial charge is 0.454 e. The Morgan fingerprint density at radius 3 is 2.83 bits per heavy atom. The summed E-state index contributed by atoms with van der Waals surface area (Å²) in [7, 11) is 0. The summed E-state index contributed by atoms with van der Waals surface area (Å²) in [5.41, 5.74) is 0.551. The lowest BCUT2D eigenvalue weighted by atomic mass is 10.1. The number of benzene rings is 1. The van der Waals surface area contributed by atoms with Crippen LogP contribution in [-0.4, -0.2) is 79.6 Å². The maximum atomic E-state index is 12.7. The number of hydrogen-bond donors (Lipinski definition) is 1. The van der Waals surface area contributed by atoms with E-state index in [0.29, 0.717) is 49.9 Å². The van der Waals surface area contributed by atoms with Gasteiger partial charge in [-0.05, 0) is 19.1 Å². The molecule has 132 valence electrons. The molecule has 1 N–H and O–H groups in total. The molecule has 0 bridgehead atoms. The van der Waals surface area contributed by atoms with Gasteiger partial charge in [0.1, 0.15) is 0 Å². The second-order valence-electron chi connectivity index (χ2n) is 5.95. The van der Waals surface area contributed by atoms with Crippen molar-refractivity contribution in [3.8, 4) is 11.5 Å². The molecular weight excluding hydrogens is 312 g/mol. The Balaban J connectivity index is 1.53. The van der Waals surface area contributed by atoms with E-state index < -0.39 is 6.10 Å². The van der Waals surface area contributed by atoms with Crippen LogP contribution >= 0.6 is 0 Å². The van der Waals surface area contributed by atoms with Crippen LogP contribution < -0.4 is 9.47 Å². The zero-order chi connectivity index (χ0) is 16.9. The van der Waals surface area contributed by atoms with Crippen molar-refractivity contribution in [3.05, 3.63) is 23.8 Å². The monoisotopic (exact) mass is 336 g/mol. The summed E-state index contributed by atoms with van der Waals surface area (Å²) in [6.07, 6.45) is -0.491. The maximum Gasteiger partial charge on any atom is 0.257 e. The smallest absolute Gasteiger partial charge is 0.257 e. The van der Waals surface area contributed by atoms with Gasteiger partial charge >= 0.3 is 0 Å². The van der Waals surface area contributed by atoms with Gasteiger partial charge in [-0.25, -0.2) is 0 Å². The fraction of sp³-hybridized carbons (Fsp3) is 0.588. The van der Waals surface area contributed by atoms with Crippen LogP contribution in [0.2, 0.25) is 0 Å². The third-order valence-corrected chi connectivity index (χ3v) is 4.27. The lowest BCUT2D eigenvalue weighted by Crippen LogP contribution is -2.50. The molecule has 2 aliphatic heterocycles. The molecule has 1 saturated heterocycles. The number of nitrogens with zero attached hydrogens (tertiary/aromatic N) is 2. The van der Waals surface area contributed by atoms with E-state index >= 15 is 0 Å². The van der Waals surface area contributed by atoms with Crippen molar-refractivity contribution < 1.29 is 24.1 Å². The van der Waals surface area contributed by atoms with Crippen LogP contribution in [0.3, 0.4) is 0 Å². The van der Waals surface area contributed by atoms with Crippen molar-refractivity contribution in [1.82, 2.24) is 9.80 Å². The van der Waals surface area contributed by atoms with Crippen LogP contribution in [0, 0.1) is 0 Å². The number of carbonyl (C=O) groups excluding carboxylic acids is 1. The zero-order valence-corrected chi connectivity index (χ0v) is 13.9. The normalized spacial score (nSPS) is 18.7. The summed E-state index contributed by atoms with van der Waals surface area (Å²) in [6.45, 7) is 6.32. The number of aliphatic hydroxyl groups excluding tert-OH is 1. The van der Waals surface area contributed by atoms with Crippen LogP contribution in [0.25, 0.3) is 0 Å². The van der Waals surface area contributed by atoms with E-state index in [1.165, 1.54) is 0 Å². The molecule has 7 heteroatoms. The molecule has 1 aromatic carbocycles. The number of aliphatic hydroxyl groups is 1. The molecule has 0 aromatic heterocycles. The molecule has 1 fully saturated rings. The second kappa shape index (κ2) is 7.83. The molecule has 2 aliphatic rings. The topological polar surface area (TPSA) is 71.5 Å². The molecule has 0 saturated carbocycles. The molecule has 0 spiro atoms. The molecule has 7 nitrogen and oxygen atoms in total. The number of fused-ring (bicyclic) bond motifs is 1. The van der Waals surface area contributed by atoms with Gasteiger partial charge in [-0.1, -0.05) is 6.07 Å². The van der Waals surface area contributed by atoms with Crippen molar-refractivity contribution >= 4 is 5.91 Å². The molecule has 3 rings (SSSR count). The summed E-state index contributed by atoms with van der Waals surface area (Å²) in [6, 6.07) is 5.38. The molecule has 24 heavy (non-hydrogen) atoms. The van der Waals surface area contributed by atoms with Crippen LogP contribution in [0.1, 0.15) is 17.3 Å². The first-order valence-corrected chi connectivity index (χ1v) is 8.35. The molecule has 0 aliphatic carbocycles. The third kappa shape index (κ3) is 3.80. The van der Waals surface area contributed by atoms with Crippen molar-refractivity contribution in [2.24, 2.45) is 0 Å². The molecule has 1 aromatic rings. The number of rotatable bonds is 6. The number of para-hydroxylation sites is 1. The Kier molecular flexibility index (Phi) is 5.55. The number of amides is 1. The van der Waals surface area contributed by atoms with E-state index in [1.54, 1.807) is 18.2 Å². The number of piperazine rings is 1. The fourth-order valence-electron chi connectivity index (χ4n) is 3.01. The quantitative estimate of drug-likeness (QED) is 0.819. The van der Waals surface area contributed by atoms with Gasteiger partial charge in [0, 0.05) is 39.3 Å². The number of carbonyl (C=O) groups is 1. The highest BCUT2D eigenvalue weighted by atomic mass is 16.7. The summed E-state index contributed by atoms with van der Waals surface area (Å²) in [5.74, 6) is 1.13. The van der Waals surface area contributed by atoms with Gasteiger partial charge in [0.05, 0.1) is 18.3 Å². The highest BCUT2D eigenvalue weighted by molar-refractivity contribution is 5.98. The van der Waals surface area contributed by atoms with Crippen molar-refractivity contribution in [1.29, 1.82) is 0 Å². The van der Waals surface area contributed by atoms with Crippen LogP contribution in [0.4, 0.5) is 0 Å². The summed E-state index contributed by atoms with van der Waals surface area (Å²) < 4.78 is 16.0. The minimum Gasteiger partial charge on any atom is -0.454 e. The lowest BCUT2D eigenvalue weighted by Gasteiger charge is -2.35. The van der Waals surface area contributed by atoms with Crippen LogP contribution in [0.5, 0.6) is 11.5 Å². The van der Waals surface area contributed by atoms with Crippen molar-refractivity contribution in [3.63, 3.8) is 0 Å². The third-order valence-electron chi connectivity index (χ3n) is 4.27. The highest BCUT2D eigenvalue weighted by Crippen LogP contribution is 2.35. The first-order chi connectivity index (χ1) is 11.7. The standard InChI is InChI=1S/C17H24N2O5/c1-2-22-11-13(20)10-18-6-8-19(9-7-18)17(21)14-4-3-5-15-16(14)24-12-23-15/h3-5,13,20H,2,6-12H2,1H3/t13-/m1/s1. The summed E-state index contributed by atoms with van der Waals surface area (Å²) >= 11 is 0. The van der Waals surface area contributed by atoms with Crippen LogP contribution in [0.15, 0.2) is 18.2 Å². The van der Waals surface area contributed by atoms with Gasteiger partial charge in [-0.15, -0.1) is 0 Å². The highest BCUT2D eigenvalue weighted by Gasteiger charge is 2.28. The fourth-order valence-corrected chi connectivity index (χ4v) is 3.01. The maximum absolute atomic E-state index is 12.7. The van der Waals surface area contributed by atoms with Gasteiger partial charge in [0.15, 0.2) is 11.5 Å². The Hall–Kier alpha value is -1.83. The van der Waals surface area contributed by atoms with Gasteiger partial charge in [0.25, 0.3) is 5.91 Å². The predicted molar refractivity (Wildman–Crippen MR) is 87.4 cm³/mol. The van der Waals surface area contributed by atoms with Gasteiger partial charge < -0.3 is 24.2 Å². The van der Waals surface area contributed by atoms with Crippen molar-refractivity contribution in [2.75, 3.05) is 52.7 Å². The Labute approximate surface area is 141 Å². The first-order valence-electron chi connectivity index (χ1n) is 8.35. The van der Waals surface area contributed by atoms with E-state index in [1.807, 2.05) is 11.8 Å². The van der Waals surface area contributed by atoms with E-state index in [4.69, 9.17) is 14.2 Å². The molecule has 0 unspecified atom stereocenters. The van der Waals surface area contributed by atoms with Crippen LogP contribution in [-0.2, 0) is 4.74 Å². The average Bonchev–Trinajstić information content (AvgIpc) is 3.08. The summed E-state index contributed by atoms with van der Waals surface area (Å²) in [5, 5.41) is 9.91. The average molecular weight is 336 g/mol. The van der Waals surface area contributed by atoms with Gasteiger partial charge in [-0.2, -0.15) is 0 Å². The summed E-state index contributed by atoms with van der Waals surface area (Å²) in [4.78, 5) is 16.7. The second-order valence-corrected chi connectivity index (χ2v) is 5.95.